The maximum absolute atomic E-state index is 11.7. The molecule has 0 aliphatic rings. The highest BCUT2D eigenvalue weighted by Gasteiger charge is 2.22. The molecule has 0 heterocycles. The number of nitrogens with zero attached hydrogens (tertiary/aromatic N) is 1. The molecule has 98 valence electrons. The largest absolute Gasteiger partial charge is 0.469 e. The van der Waals surface area contributed by atoms with E-state index in [-0.39, 0.29) is 12.4 Å². The van der Waals surface area contributed by atoms with Crippen LogP contribution in [0.2, 0.25) is 0 Å². The van der Waals surface area contributed by atoms with Gasteiger partial charge in [-0.1, -0.05) is 6.07 Å². The van der Waals surface area contributed by atoms with E-state index in [1.807, 2.05) is 44.1 Å². The molecule has 18 heavy (non-hydrogen) atoms. The zero-order valence-electron chi connectivity index (χ0n) is 11.3. The Balaban J connectivity index is 3.13. The molecule has 0 amide bonds. The van der Waals surface area contributed by atoms with Gasteiger partial charge in [0.25, 0.3) is 0 Å². The first-order valence-corrected chi connectivity index (χ1v) is 5.80. The summed E-state index contributed by atoms with van der Waals surface area (Å²) in [6.45, 7) is 1.93. The van der Waals surface area contributed by atoms with Crippen LogP contribution in [0.25, 0.3) is 0 Å². The van der Waals surface area contributed by atoms with Crippen LogP contribution in [0, 0.1) is 6.92 Å². The first-order valence-electron chi connectivity index (χ1n) is 5.80. The minimum absolute atomic E-state index is 0.148. The summed E-state index contributed by atoms with van der Waals surface area (Å²) in [6.07, 6.45) is 0.899. The quantitative estimate of drug-likeness (QED) is 0.590. The van der Waals surface area contributed by atoms with Crippen molar-refractivity contribution < 1.29 is 14.3 Å². The van der Waals surface area contributed by atoms with Gasteiger partial charge in [-0.05, 0) is 30.2 Å². The number of ether oxygens (including phenoxy) is 1. The zero-order valence-corrected chi connectivity index (χ0v) is 11.3. The topological polar surface area (TPSA) is 46.6 Å². The number of methoxy groups -OCH3 is 1. The number of anilines is 1. The van der Waals surface area contributed by atoms with E-state index in [4.69, 9.17) is 4.74 Å². The Bertz CT molecular complexity index is 441. The van der Waals surface area contributed by atoms with Crippen LogP contribution in [0.1, 0.15) is 23.5 Å². The van der Waals surface area contributed by atoms with Gasteiger partial charge < -0.3 is 14.4 Å². The van der Waals surface area contributed by atoms with Crippen molar-refractivity contribution >= 4 is 17.9 Å². The number of rotatable bonds is 5. The Morgan fingerprint density at radius 2 is 2.11 bits per heavy atom. The maximum atomic E-state index is 11.7. The van der Waals surface area contributed by atoms with E-state index in [0.717, 1.165) is 23.1 Å². The molecule has 0 bridgehead atoms. The molecule has 0 aliphatic carbocycles. The lowest BCUT2D eigenvalue weighted by atomic mass is 9.92. The first kappa shape index (κ1) is 14.2. The number of carbonyl (C=O) groups is 2. The van der Waals surface area contributed by atoms with Crippen molar-refractivity contribution in [1.82, 2.24) is 0 Å². The van der Waals surface area contributed by atoms with E-state index in [1.165, 1.54) is 7.11 Å². The summed E-state index contributed by atoms with van der Waals surface area (Å²) in [6, 6.07) is 5.81. The molecule has 0 spiro atoms. The SMILES string of the molecule is COC(=O)C(CC=O)c1ccc(N(C)C)cc1C. The molecule has 0 aliphatic heterocycles. The van der Waals surface area contributed by atoms with Crippen LogP contribution >= 0.6 is 0 Å². The summed E-state index contributed by atoms with van der Waals surface area (Å²) in [5, 5.41) is 0. The predicted octanol–water partition coefficient (Wildman–Crippen LogP) is 1.91. The van der Waals surface area contributed by atoms with Gasteiger partial charge in [0, 0.05) is 26.2 Å². The fourth-order valence-electron chi connectivity index (χ4n) is 1.92. The van der Waals surface area contributed by atoms with Gasteiger partial charge in [0.15, 0.2) is 0 Å². The number of benzene rings is 1. The maximum Gasteiger partial charge on any atom is 0.313 e. The standard InChI is InChI=1S/C14H19NO3/c1-10-9-11(15(2)3)5-6-12(10)13(7-8-16)14(17)18-4/h5-6,8-9,13H,7H2,1-4H3. The van der Waals surface area contributed by atoms with E-state index in [1.54, 1.807) is 0 Å². The molecule has 0 fully saturated rings. The number of aldehydes is 1. The monoisotopic (exact) mass is 249 g/mol. The van der Waals surface area contributed by atoms with E-state index < -0.39 is 5.92 Å². The van der Waals surface area contributed by atoms with Crippen molar-refractivity contribution in [3.8, 4) is 0 Å². The second-order valence-corrected chi connectivity index (χ2v) is 4.41. The molecule has 1 aromatic carbocycles. The molecule has 1 atom stereocenters. The Morgan fingerprint density at radius 1 is 1.44 bits per heavy atom. The number of carbonyl (C=O) groups excluding carboxylic acids is 2. The fourth-order valence-corrected chi connectivity index (χ4v) is 1.92. The van der Waals surface area contributed by atoms with Crippen LogP contribution in [-0.2, 0) is 14.3 Å². The van der Waals surface area contributed by atoms with Crippen molar-refractivity contribution in [2.45, 2.75) is 19.3 Å². The Hall–Kier alpha value is -1.84. The van der Waals surface area contributed by atoms with Crippen LogP contribution in [0.15, 0.2) is 18.2 Å². The van der Waals surface area contributed by atoms with Crippen LogP contribution in [0.5, 0.6) is 0 Å². The summed E-state index contributed by atoms with van der Waals surface area (Å²) in [7, 11) is 5.25. The highest BCUT2D eigenvalue weighted by molar-refractivity contribution is 5.81. The van der Waals surface area contributed by atoms with E-state index in [9.17, 15) is 9.59 Å². The number of hydrogen-bond donors (Lipinski definition) is 0. The molecule has 0 saturated heterocycles. The second kappa shape index (κ2) is 6.19. The third kappa shape index (κ3) is 3.09. The molecule has 0 saturated carbocycles. The fraction of sp³-hybridized carbons (Fsp3) is 0.429. The van der Waals surface area contributed by atoms with Gasteiger partial charge in [-0.2, -0.15) is 0 Å². The average molecular weight is 249 g/mol. The summed E-state index contributed by atoms with van der Waals surface area (Å²) in [5.74, 6) is -0.883. The molecular formula is C14H19NO3. The van der Waals surface area contributed by atoms with Gasteiger partial charge in [-0.3, -0.25) is 4.79 Å². The Labute approximate surface area is 108 Å². The Kier molecular flexibility index (Phi) is 4.89. The summed E-state index contributed by atoms with van der Waals surface area (Å²) < 4.78 is 4.74. The lowest BCUT2D eigenvalue weighted by Gasteiger charge is -2.18. The molecule has 1 unspecified atom stereocenters. The van der Waals surface area contributed by atoms with Gasteiger partial charge in [-0.25, -0.2) is 0 Å². The second-order valence-electron chi connectivity index (χ2n) is 4.41. The third-order valence-corrected chi connectivity index (χ3v) is 2.96. The smallest absolute Gasteiger partial charge is 0.313 e. The van der Waals surface area contributed by atoms with Gasteiger partial charge in [0.1, 0.15) is 6.29 Å². The van der Waals surface area contributed by atoms with Crippen molar-refractivity contribution in [3.05, 3.63) is 29.3 Å². The molecule has 0 radical (unpaired) electrons. The first-order chi connectivity index (χ1) is 8.51. The molecule has 0 aromatic heterocycles. The summed E-state index contributed by atoms with van der Waals surface area (Å²) in [5.41, 5.74) is 2.89. The van der Waals surface area contributed by atoms with Crippen LogP contribution < -0.4 is 4.90 Å². The van der Waals surface area contributed by atoms with Gasteiger partial charge in [-0.15, -0.1) is 0 Å². The number of esters is 1. The van der Waals surface area contributed by atoms with Gasteiger partial charge in [0.2, 0.25) is 0 Å². The highest BCUT2D eigenvalue weighted by Crippen LogP contribution is 2.26. The highest BCUT2D eigenvalue weighted by atomic mass is 16.5. The van der Waals surface area contributed by atoms with Crippen molar-refractivity contribution in [3.63, 3.8) is 0 Å². The summed E-state index contributed by atoms with van der Waals surface area (Å²) >= 11 is 0. The molecule has 0 N–H and O–H groups in total. The molecule has 4 heteroatoms. The van der Waals surface area contributed by atoms with Crippen LogP contribution in [0.4, 0.5) is 5.69 Å². The van der Waals surface area contributed by atoms with Crippen molar-refractivity contribution in [2.24, 2.45) is 0 Å². The lowest BCUT2D eigenvalue weighted by molar-refractivity contribution is -0.143. The lowest BCUT2D eigenvalue weighted by Crippen LogP contribution is -2.16. The average Bonchev–Trinajstić information content (AvgIpc) is 2.35. The van der Waals surface area contributed by atoms with Crippen LogP contribution in [0.3, 0.4) is 0 Å². The third-order valence-electron chi connectivity index (χ3n) is 2.96. The van der Waals surface area contributed by atoms with E-state index >= 15 is 0 Å². The van der Waals surface area contributed by atoms with Gasteiger partial charge in [0.05, 0.1) is 13.0 Å². The Morgan fingerprint density at radius 3 is 2.56 bits per heavy atom. The van der Waals surface area contributed by atoms with E-state index in [0.29, 0.717) is 0 Å². The van der Waals surface area contributed by atoms with Crippen LogP contribution in [-0.4, -0.2) is 33.5 Å². The van der Waals surface area contributed by atoms with Crippen molar-refractivity contribution in [1.29, 1.82) is 0 Å². The minimum atomic E-state index is -0.510. The number of aryl methyl sites for hydroxylation is 1. The molecule has 1 rings (SSSR count). The molecule has 1 aromatic rings. The van der Waals surface area contributed by atoms with Gasteiger partial charge >= 0.3 is 5.97 Å². The molecule has 4 nitrogen and oxygen atoms in total. The zero-order chi connectivity index (χ0) is 13.7. The number of hydrogen-bond acceptors (Lipinski definition) is 4. The summed E-state index contributed by atoms with van der Waals surface area (Å²) in [4.78, 5) is 24.4. The molecular weight excluding hydrogens is 230 g/mol. The van der Waals surface area contributed by atoms with E-state index in [2.05, 4.69) is 0 Å². The normalized spacial score (nSPS) is 11.8. The minimum Gasteiger partial charge on any atom is -0.469 e. The predicted molar refractivity (Wildman–Crippen MR) is 70.9 cm³/mol. The van der Waals surface area contributed by atoms with Crippen molar-refractivity contribution in [2.75, 3.05) is 26.1 Å².